The van der Waals surface area contributed by atoms with Crippen LogP contribution >= 0.6 is 24.8 Å². The van der Waals surface area contributed by atoms with Crippen LogP contribution in [0, 0.1) is 0 Å². The van der Waals surface area contributed by atoms with Gasteiger partial charge in [-0.2, -0.15) is 0 Å². The van der Waals surface area contributed by atoms with Crippen LogP contribution in [0.5, 0.6) is 0 Å². The molecule has 0 spiro atoms. The van der Waals surface area contributed by atoms with Gasteiger partial charge in [-0.15, -0.1) is 24.8 Å². The van der Waals surface area contributed by atoms with Crippen LogP contribution in [0.15, 0.2) is 24.4 Å². The van der Waals surface area contributed by atoms with Gasteiger partial charge in [0.1, 0.15) is 5.65 Å². The summed E-state index contributed by atoms with van der Waals surface area (Å²) < 4.78 is 5.80. The van der Waals surface area contributed by atoms with Crippen LogP contribution in [-0.2, 0) is 11.3 Å². The maximum absolute atomic E-state index is 5.80. The monoisotopic (exact) mass is 330 g/mol. The van der Waals surface area contributed by atoms with Crippen molar-refractivity contribution in [3.63, 3.8) is 0 Å². The molecule has 4 heterocycles. The van der Waals surface area contributed by atoms with Crippen molar-refractivity contribution in [3.8, 4) is 0 Å². The SMILES string of the molecule is Cl.Cl.c1cc2ccc(CN3C[C@@H]4NCCO[C@H]4C3)nc2[nH]1. The molecule has 0 unspecified atom stereocenters. The number of ether oxygens (including phenoxy) is 1. The van der Waals surface area contributed by atoms with Crippen molar-refractivity contribution < 1.29 is 4.74 Å². The van der Waals surface area contributed by atoms with Crippen molar-refractivity contribution in [1.29, 1.82) is 0 Å². The number of pyridine rings is 1. The molecule has 7 heteroatoms. The molecule has 2 saturated heterocycles. The minimum absolute atomic E-state index is 0. The number of aromatic nitrogens is 2. The fourth-order valence-corrected chi connectivity index (χ4v) is 3.09. The summed E-state index contributed by atoms with van der Waals surface area (Å²) in [4.78, 5) is 10.2. The van der Waals surface area contributed by atoms with Gasteiger partial charge in [0.2, 0.25) is 0 Å². The molecule has 0 aromatic carbocycles. The van der Waals surface area contributed by atoms with E-state index < -0.39 is 0 Å². The molecule has 5 nitrogen and oxygen atoms in total. The third-order valence-electron chi connectivity index (χ3n) is 4.04. The first kappa shape index (κ1) is 16.5. The van der Waals surface area contributed by atoms with Gasteiger partial charge in [0.25, 0.3) is 0 Å². The lowest BCUT2D eigenvalue weighted by Crippen LogP contribution is -2.47. The summed E-state index contributed by atoms with van der Waals surface area (Å²) in [5.74, 6) is 0. The van der Waals surface area contributed by atoms with Gasteiger partial charge >= 0.3 is 0 Å². The number of hydrogen-bond acceptors (Lipinski definition) is 4. The van der Waals surface area contributed by atoms with Crippen LogP contribution in [0.4, 0.5) is 0 Å². The summed E-state index contributed by atoms with van der Waals surface area (Å²) in [7, 11) is 0. The van der Waals surface area contributed by atoms with Gasteiger partial charge < -0.3 is 15.0 Å². The molecule has 2 fully saturated rings. The molecule has 116 valence electrons. The van der Waals surface area contributed by atoms with E-state index in [2.05, 4.69) is 32.3 Å². The summed E-state index contributed by atoms with van der Waals surface area (Å²) in [6, 6.07) is 6.79. The quantitative estimate of drug-likeness (QED) is 0.877. The number of rotatable bonds is 2. The highest BCUT2D eigenvalue weighted by Gasteiger charge is 2.35. The second-order valence-electron chi connectivity index (χ2n) is 5.38. The summed E-state index contributed by atoms with van der Waals surface area (Å²) in [5, 5.41) is 4.70. The normalized spacial score (nSPS) is 25.1. The van der Waals surface area contributed by atoms with E-state index in [1.807, 2.05) is 12.3 Å². The van der Waals surface area contributed by atoms with Crippen molar-refractivity contribution in [2.24, 2.45) is 0 Å². The predicted molar refractivity (Wildman–Crippen MR) is 87.4 cm³/mol. The Bertz CT molecular complexity index is 577. The van der Waals surface area contributed by atoms with Crippen LogP contribution in [0.2, 0.25) is 0 Å². The maximum atomic E-state index is 5.80. The number of halogens is 2. The Morgan fingerprint density at radius 2 is 2.14 bits per heavy atom. The first-order valence-corrected chi connectivity index (χ1v) is 6.89. The first-order chi connectivity index (χ1) is 9.38. The molecule has 0 saturated carbocycles. The third-order valence-corrected chi connectivity index (χ3v) is 4.04. The van der Waals surface area contributed by atoms with E-state index in [1.165, 1.54) is 5.39 Å². The molecule has 2 aromatic rings. The lowest BCUT2D eigenvalue weighted by molar-refractivity contribution is 0.0175. The third kappa shape index (κ3) is 3.33. The van der Waals surface area contributed by atoms with E-state index in [0.29, 0.717) is 12.1 Å². The number of nitrogens with one attached hydrogen (secondary N) is 2. The van der Waals surface area contributed by atoms with E-state index in [-0.39, 0.29) is 24.8 Å². The lowest BCUT2D eigenvalue weighted by atomic mass is 10.2. The van der Waals surface area contributed by atoms with Crippen LogP contribution in [0.3, 0.4) is 0 Å². The summed E-state index contributed by atoms with van der Waals surface area (Å²) in [6.07, 6.45) is 2.28. The van der Waals surface area contributed by atoms with Crippen molar-refractivity contribution in [3.05, 3.63) is 30.1 Å². The molecule has 0 bridgehead atoms. The Morgan fingerprint density at radius 1 is 1.24 bits per heavy atom. The zero-order valence-electron chi connectivity index (χ0n) is 11.6. The standard InChI is InChI=1S/C14H18N4O.2ClH/c1-2-11(17-14-10(1)3-4-16-14)7-18-8-12-13(9-18)19-6-5-15-12;;/h1-4,12-13,15H,5-9H2,(H,16,17);2*1H/t12-,13-;;/m0../s1. The van der Waals surface area contributed by atoms with Gasteiger partial charge in [-0.3, -0.25) is 4.90 Å². The number of aromatic amines is 1. The highest BCUT2D eigenvalue weighted by Crippen LogP contribution is 2.19. The van der Waals surface area contributed by atoms with Gasteiger partial charge in [-0.25, -0.2) is 4.98 Å². The number of fused-ring (bicyclic) bond motifs is 2. The van der Waals surface area contributed by atoms with Gasteiger partial charge in [0.05, 0.1) is 18.4 Å². The van der Waals surface area contributed by atoms with Crippen LogP contribution in [0.25, 0.3) is 11.0 Å². The van der Waals surface area contributed by atoms with Gasteiger partial charge in [0.15, 0.2) is 0 Å². The van der Waals surface area contributed by atoms with Gasteiger partial charge in [-0.05, 0) is 18.2 Å². The maximum Gasteiger partial charge on any atom is 0.137 e. The molecule has 2 aromatic heterocycles. The Morgan fingerprint density at radius 3 is 3.00 bits per heavy atom. The second-order valence-corrected chi connectivity index (χ2v) is 5.38. The Kier molecular flexibility index (Phi) is 5.46. The molecule has 2 aliphatic rings. The Balaban J connectivity index is 0.000000807. The highest BCUT2D eigenvalue weighted by molar-refractivity contribution is 5.85. The number of morpholine rings is 1. The van der Waals surface area contributed by atoms with Crippen LogP contribution in [0.1, 0.15) is 5.69 Å². The van der Waals surface area contributed by atoms with E-state index >= 15 is 0 Å². The number of H-pyrrole nitrogens is 1. The molecule has 0 radical (unpaired) electrons. The number of hydrogen-bond donors (Lipinski definition) is 2. The minimum Gasteiger partial charge on any atom is -0.374 e. The van der Waals surface area contributed by atoms with E-state index in [0.717, 1.165) is 44.1 Å². The van der Waals surface area contributed by atoms with Crippen LogP contribution in [-0.4, -0.2) is 53.3 Å². The molecular weight excluding hydrogens is 311 g/mol. The number of likely N-dealkylation sites (tertiary alicyclic amines) is 1. The topological polar surface area (TPSA) is 53.2 Å². The summed E-state index contributed by atoms with van der Waals surface area (Å²) in [6.45, 7) is 4.76. The number of nitrogens with zero attached hydrogens (tertiary/aromatic N) is 2. The van der Waals surface area contributed by atoms with Crippen molar-refractivity contribution in [1.82, 2.24) is 20.2 Å². The molecule has 2 aliphatic heterocycles. The second kappa shape index (κ2) is 6.94. The van der Waals surface area contributed by atoms with Gasteiger partial charge in [0, 0.05) is 43.8 Å². The molecule has 21 heavy (non-hydrogen) atoms. The first-order valence-electron chi connectivity index (χ1n) is 6.89. The van der Waals surface area contributed by atoms with E-state index in [4.69, 9.17) is 4.74 Å². The smallest absolute Gasteiger partial charge is 0.137 e. The lowest BCUT2D eigenvalue weighted by Gasteiger charge is -2.25. The minimum atomic E-state index is 0. The Labute approximate surface area is 136 Å². The zero-order valence-corrected chi connectivity index (χ0v) is 13.3. The van der Waals surface area contributed by atoms with Crippen LogP contribution < -0.4 is 5.32 Å². The molecule has 2 N–H and O–H groups in total. The fourth-order valence-electron chi connectivity index (χ4n) is 3.09. The fraction of sp³-hybridized carbons (Fsp3) is 0.500. The summed E-state index contributed by atoms with van der Waals surface area (Å²) >= 11 is 0. The van der Waals surface area contributed by atoms with E-state index in [9.17, 15) is 0 Å². The molecule has 4 rings (SSSR count). The molecule has 2 atom stereocenters. The predicted octanol–water partition coefficient (Wildman–Crippen LogP) is 1.58. The average molecular weight is 331 g/mol. The zero-order chi connectivity index (χ0) is 12.7. The van der Waals surface area contributed by atoms with Crippen molar-refractivity contribution in [2.45, 2.75) is 18.7 Å². The van der Waals surface area contributed by atoms with E-state index in [1.54, 1.807) is 0 Å². The Hall–Kier alpha value is -0.850. The largest absolute Gasteiger partial charge is 0.374 e. The summed E-state index contributed by atoms with van der Waals surface area (Å²) in [5.41, 5.74) is 2.09. The van der Waals surface area contributed by atoms with Crippen molar-refractivity contribution >= 4 is 35.8 Å². The molecular formula is C14H20Cl2N4O. The molecule has 0 aliphatic carbocycles. The highest BCUT2D eigenvalue weighted by atomic mass is 35.5. The van der Waals surface area contributed by atoms with Crippen molar-refractivity contribution in [2.75, 3.05) is 26.2 Å². The van der Waals surface area contributed by atoms with Gasteiger partial charge in [-0.1, -0.05) is 0 Å². The average Bonchev–Trinajstić information content (AvgIpc) is 3.03. The molecule has 0 amide bonds.